The van der Waals surface area contributed by atoms with Crippen LogP contribution in [0, 0.1) is 0 Å². The SMILES string of the molecule is CC1(C)c2ccccc2-c2ccc(N(c3ccc4c(c3)C(C)(C)c3ccccc3-4)c3ccc4cc(-c5ccc6c(c5)C5(c7ccccc7-c7ccccc75)c5ccccc5-6)ccc4c3)cc21. The largest absolute Gasteiger partial charge is 0.310 e. The van der Waals surface area contributed by atoms with Crippen molar-refractivity contribution in [3.8, 4) is 55.6 Å². The molecule has 0 radical (unpaired) electrons. The summed E-state index contributed by atoms with van der Waals surface area (Å²) in [7, 11) is 0. The highest BCUT2D eigenvalue weighted by molar-refractivity contribution is 5.98. The van der Waals surface area contributed by atoms with Crippen molar-refractivity contribution in [2.45, 2.75) is 43.9 Å². The van der Waals surface area contributed by atoms with E-state index in [1.165, 1.54) is 122 Å². The van der Waals surface area contributed by atoms with E-state index in [0.717, 1.165) is 5.69 Å². The quantitative estimate of drug-likeness (QED) is 0.171. The average Bonchev–Trinajstić information content (AvgIpc) is 3.99. The van der Waals surface area contributed by atoms with Crippen LogP contribution >= 0.6 is 0 Å². The minimum absolute atomic E-state index is 0.112. The molecule has 312 valence electrons. The van der Waals surface area contributed by atoms with Crippen molar-refractivity contribution < 1.29 is 0 Å². The first-order chi connectivity index (χ1) is 32.2. The fourth-order valence-electron chi connectivity index (χ4n) is 12.9. The maximum Gasteiger partial charge on any atom is 0.0725 e. The molecule has 0 heterocycles. The Kier molecular flexibility index (Phi) is 7.51. The van der Waals surface area contributed by atoms with E-state index in [1.54, 1.807) is 0 Å². The molecule has 1 heteroatoms. The lowest BCUT2D eigenvalue weighted by molar-refractivity contribution is 0.660. The van der Waals surface area contributed by atoms with Crippen LogP contribution in [0.1, 0.15) is 72.2 Å². The third-order valence-corrected chi connectivity index (χ3v) is 16.1. The maximum atomic E-state index is 2.49. The van der Waals surface area contributed by atoms with E-state index < -0.39 is 0 Å². The van der Waals surface area contributed by atoms with Crippen molar-refractivity contribution in [3.63, 3.8) is 0 Å². The van der Waals surface area contributed by atoms with E-state index >= 15 is 0 Å². The summed E-state index contributed by atoms with van der Waals surface area (Å²) in [6.07, 6.45) is 0. The molecule has 10 aromatic rings. The van der Waals surface area contributed by atoms with Gasteiger partial charge in [-0.25, -0.2) is 0 Å². The lowest BCUT2D eigenvalue weighted by Gasteiger charge is -2.30. The van der Waals surface area contributed by atoms with E-state index in [9.17, 15) is 0 Å². The molecular weight excluding hydrogens is 795 g/mol. The Morgan fingerprint density at radius 1 is 0.258 bits per heavy atom. The molecule has 1 spiro atoms. The van der Waals surface area contributed by atoms with Crippen LogP contribution in [0.5, 0.6) is 0 Å². The van der Waals surface area contributed by atoms with Crippen LogP contribution in [-0.4, -0.2) is 0 Å². The molecular formula is C65H47N. The number of nitrogens with zero attached hydrogens (tertiary/aromatic N) is 1. The van der Waals surface area contributed by atoms with Gasteiger partial charge in [0.2, 0.25) is 0 Å². The number of hydrogen-bond acceptors (Lipinski definition) is 1. The molecule has 0 fully saturated rings. The molecule has 0 amide bonds. The topological polar surface area (TPSA) is 3.24 Å². The zero-order valence-corrected chi connectivity index (χ0v) is 37.7. The van der Waals surface area contributed by atoms with Crippen LogP contribution < -0.4 is 4.90 Å². The molecule has 66 heavy (non-hydrogen) atoms. The Bertz CT molecular complexity index is 3560. The number of benzene rings is 10. The molecule has 0 N–H and O–H groups in total. The summed E-state index contributed by atoms with van der Waals surface area (Å²) in [5.41, 5.74) is 27.0. The van der Waals surface area contributed by atoms with Crippen molar-refractivity contribution in [3.05, 3.63) is 257 Å². The van der Waals surface area contributed by atoms with Crippen molar-refractivity contribution in [2.75, 3.05) is 4.90 Å². The fraction of sp³-hybridized carbons (Fsp3) is 0.108. The van der Waals surface area contributed by atoms with Gasteiger partial charge in [-0.3, -0.25) is 0 Å². The van der Waals surface area contributed by atoms with Gasteiger partial charge in [-0.1, -0.05) is 191 Å². The third kappa shape index (κ3) is 4.85. The van der Waals surface area contributed by atoms with E-state index in [0.29, 0.717) is 0 Å². The first kappa shape index (κ1) is 37.6. The first-order valence-corrected chi connectivity index (χ1v) is 23.5. The zero-order chi connectivity index (χ0) is 44.1. The van der Waals surface area contributed by atoms with Crippen LogP contribution in [0.25, 0.3) is 66.4 Å². The number of anilines is 3. The Labute approximate surface area is 387 Å². The van der Waals surface area contributed by atoms with Crippen molar-refractivity contribution >= 4 is 27.8 Å². The number of hydrogen-bond donors (Lipinski definition) is 0. The van der Waals surface area contributed by atoms with E-state index in [4.69, 9.17) is 0 Å². The van der Waals surface area contributed by atoms with Gasteiger partial charge in [0.1, 0.15) is 0 Å². The highest BCUT2D eigenvalue weighted by Crippen LogP contribution is 2.63. The van der Waals surface area contributed by atoms with Crippen molar-refractivity contribution in [2.24, 2.45) is 0 Å². The fourth-order valence-corrected chi connectivity index (χ4v) is 12.9. The standard InChI is InChI=1S/C65H47N/c1-63(2)55-20-10-5-15-47(55)52-33-30-45(38-60(52)63)66(46-31-34-53-48-16-6-11-21-56(48)64(3,4)61(53)39-46)44-29-27-41-35-40(25-26-42(41)36-44)43-28-32-54-51-19-9-14-24-59(51)65(62(54)37-43)57-22-12-7-17-49(57)50-18-8-13-23-58(50)65/h5-39H,1-4H3. The Hall–Kier alpha value is -7.74. The highest BCUT2D eigenvalue weighted by atomic mass is 15.1. The molecule has 4 aliphatic rings. The van der Waals surface area contributed by atoms with Crippen LogP contribution in [0.4, 0.5) is 17.1 Å². The van der Waals surface area contributed by atoms with Crippen LogP contribution in [0.15, 0.2) is 212 Å². The second kappa shape index (κ2) is 13.2. The molecule has 0 unspecified atom stereocenters. The van der Waals surface area contributed by atoms with Gasteiger partial charge < -0.3 is 4.90 Å². The second-order valence-electron chi connectivity index (χ2n) is 20.0. The Morgan fingerprint density at radius 3 is 1.11 bits per heavy atom. The van der Waals surface area contributed by atoms with E-state index in [1.807, 2.05) is 0 Å². The minimum atomic E-state index is -0.366. The van der Waals surface area contributed by atoms with E-state index in [-0.39, 0.29) is 16.2 Å². The third-order valence-electron chi connectivity index (χ3n) is 16.1. The maximum absolute atomic E-state index is 2.49. The van der Waals surface area contributed by atoms with Crippen LogP contribution in [0.2, 0.25) is 0 Å². The number of rotatable bonds is 4. The average molecular weight is 842 g/mol. The summed E-state index contributed by atoms with van der Waals surface area (Å²) in [6, 6.07) is 80.6. The second-order valence-corrected chi connectivity index (χ2v) is 20.0. The lowest BCUT2D eigenvalue weighted by Crippen LogP contribution is -2.25. The van der Waals surface area contributed by atoms with Gasteiger partial charge in [0.25, 0.3) is 0 Å². The molecule has 1 nitrogen and oxygen atoms in total. The molecule has 0 bridgehead atoms. The predicted octanol–water partition coefficient (Wildman–Crippen LogP) is 16.9. The molecule has 0 saturated carbocycles. The summed E-state index contributed by atoms with van der Waals surface area (Å²) in [5, 5.41) is 2.44. The predicted molar refractivity (Wildman–Crippen MR) is 275 cm³/mol. The summed E-state index contributed by atoms with van der Waals surface area (Å²) < 4.78 is 0. The van der Waals surface area contributed by atoms with Crippen LogP contribution in [-0.2, 0) is 16.2 Å². The lowest BCUT2D eigenvalue weighted by atomic mass is 9.70. The van der Waals surface area contributed by atoms with Gasteiger partial charge in [-0.05, 0) is 159 Å². The molecule has 0 aliphatic heterocycles. The Morgan fingerprint density at radius 2 is 0.591 bits per heavy atom. The zero-order valence-electron chi connectivity index (χ0n) is 37.7. The van der Waals surface area contributed by atoms with Gasteiger partial charge in [-0.15, -0.1) is 0 Å². The molecule has 14 rings (SSSR count). The smallest absolute Gasteiger partial charge is 0.0725 e. The minimum Gasteiger partial charge on any atom is -0.310 e. The molecule has 0 saturated heterocycles. The highest BCUT2D eigenvalue weighted by Gasteiger charge is 2.51. The van der Waals surface area contributed by atoms with Gasteiger partial charge in [0, 0.05) is 27.9 Å². The normalized spacial score (nSPS) is 15.3. The first-order valence-electron chi connectivity index (χ1n) is 23.5. The van der Waals surface area contributed by atoms with E-state index in [2.05, 4.69) is 245 Å². The molecule has 10 aromatic carbocycles. The molecule has 4 aliphatic carbocycles. The van der Waals surface area contributed by atoms with Gasteiger partial charge in [0.05, 0.1) is 5.41 Å². The van der Waals surface area contributed by atoms with Gasteiger partial charge >= 0.3 is 0 Å². The Balaban J connectivity index is 0.904. The molecule has 0 atom stereocenters. The summed E-state index contributed by atoms with van der Waals surface area (Å²) in [4.78, 5) is 2.49. The van der Waals surface area contributed by atoms with Crippen molar-refractivity contribution in [1.82, 2.24) is 0 Å². The monoisotopic (exact) mass is 841 g/mol. The van der Waals surface area contributed by atoms with Crippen LogP contribution in [0.3, 0.4) is 0 Å². The summed E-state index contributed by atoms with van der Waals surface area (Å²) >= 11 is 0. The summed E-state index contributed by atoms with van der Waals surface area (Å²) in [6.45, 7) is 9.50. The summed E-state index contributed by atoms with van der Waals surface area (Å²) in [5.74, 6) is 0. The number of fused-ring (bicyclic) bond motifs is 17. The van der Waals surface area contributed by atoms with Gasteiger partial charge in [0.15, 0.2) is 0 Å². The van der Waals surface area contributed by atoms with Crippen molar-refractivity contribution in [1.29, 1.82) is 0 Å². The van der Waals surface area contributed by atoms with Gasteiger partial charge in [-0.2, -0.15) is 0 Å². The molecule has 0 aromatic heterocycles.